The first-order valence-electron chi connectivity index (χ1n) is 7.33. The van der Waals surface area contributed by atoms with Crippen LogP contribution in [0.1, 0.15) is 11.1 Å². The molecule has 0 aliphatic carbocycles. The maximum Gasteiger partial charge on any atom is 0.293 e. The molecule has 0 aromatic heterocycles. The van der Waals surface area contributed by atoms with Crippen LogP contribution in [0.2, 0.25) is 10.0 Å². The Kier molecular flexibility index (Phi) is 5.37. The van der Waals surface area contributed by atoms with Crippen LogP contribution in [-0.4, -0.2) is 23.1 Å². The molecule has 1 saturated heterocycles. The molecule has 0 atom stereocenters. The van der Waals surface area contributed by atoms with Gasteiger partial charge in [-0.3, -0.25) is 14.5 Å². The number of nitrogens with zero attached hydrogens (tertiary/aromatic N) is 1. The van der Waals surface area contributed by atoms with E-state index in [1.807, 2.05) is 24.3 Å². The summed E-state index contributed by atoms with van der Waals surface area (Å²) in [6.45, 7) is 0.303. The van der Waals surface area contributed by atoms with E-state index in [4.69, 9.17) is 27.9 Å². The van der Waals surface area contributed by atoms with Crippen molar-refractivity contribution in [3.8, 4) is 5.75 Å². The van der Waals surface area contributed by atoms with Gasteiger partial charge in [-0.15, -0.1) is 0 Å². The van der Waals surface area contributed by atoms with Gasteiger partial charge in [0.05, 0.1) is 15.0 Å². The number of halogens is 2. The molecule has 1 aliphatic heterocycles. The van der Waals surface area contributed by atoms with Crippen molar-refractivity contribution in [2.75, 3.05) is 7.05 Å². The summed E-state index contributed by atoms with van der Waals surface area (Å²) < 4.78 is 5.85. The van der Waals surface area contributed by atoms with Gasteiger partial charge in [-0.25, -0.2) is 0 Å². The van der Waals surface area contributed by atoms with Crippen molar-refractivity contribution >= 4 is 52.2 Å². The van der Waals surface area contributed by atoms with E-state index in [2.05, 4.69) is 0 Å². The lowest BCUT2D eigenvalue weighted by Crippen LogP contribution is -2.22. The van der Waals surface area contributed by atoms with Gasteiger partial charge < -0.3 is 4.74 Å². The molecule has 25 heavy (non-hydrogen) atoms. The Hall–Kier alpha value is -1.95. The van der Waals surface area contributed by atoms with E-state index in [0.29, 0.717) is 27.3 Å². The first kappa shape index (κ1) is 17.9. The van der Waals surface area contributed by atoms with Crippen LogP contribution in [0.4, 0.5) is 4.79 Å². The number of carbonyl (C=O) groups is 2. The van der Waals surface area contributed by atoms with Gasteiger partial charge in [-0.05, 0) is 41.6 Å². The van der Waals surface area contributed by atoms with E-state index in [9.17, 15) is 9.59 Å². The van der Waals surface area contributed by atoms with Crippen LogP contribution >= 0.6 is 35.0 Å². The van der Waals surface area contributed by atoms with Crippen LogP contribution in [0.25, 0.3) is 6.08 Å². The number of para-hydroxylation sites is 1. The largest absolute Gasteiger partial charge is 0.488 e. The molecule has 0 unspecified atom stereocenters. The summed E-state index contributed by atoms with van der Waals surface area (Å²) in [5.41, 5.74) is 1.60. The Balaban J connectivity index is 1.81. The molecule has 4 nitrogen and oxygen atoms in total. The van der Waals surface area contributed by atoms with E-state index in [1.54, 1.807) is 24.3 Å². The molecule has 0 spiro atoms. The predicted octanol–water partition coefficient (Wildman–Crippen LogP) is 5.24. The molecule has 2 aromatic rings. The molecule has 1 aliphatic rings. The summed E-state index contributed by atoms with van der Waals surface area (Å²) in [4.78, 5) is 25.1. The maximum atomic E-state index is 12.0. The Bertz CT molecular complexity index is 882. The first-order chi connectivity index (χ1) is 12.0. The fourth-order valence-corrected chi connectivity index (χ4v) is 3.35. The van der Waals surface area contributed by atoms with Crippen LogP contribution in [0.5, 0.6) is 5.75 Å². The summed E-state index contributed by atoms with van der Waals surface area (Å²) in [5, 5.41) is 0.666. The molecular formula is C18H13Cl2NO3S. The molecule has 0 saturated carbocycles. The molecular weight excluding hydrogens is 381 g/mol. The highest BCUT2D eigenvalue weighted by molar-refractivity contribution is 8.18. The molecule has 0 radical (unpaired) electrons. The minimum atomic E-state index is -0.311. The van der Waals surface area contributed by atoms with Crippen LogP contribution in [0.3, 0.4) is 0 Å². The smallest absolute Gasteiger partial charge is 0.293 e. The van der Waals surface area contributed by atoms with Gasteiger partial charge in [0, 0.05) is 12.6 Å². The lowest BCUT2D eigenvalue weighted by atomic mass is 10.1. The summed E-state index contributed by atoms with van der Waals surface area (Å²) in [6.07, 6.45) is 1.67. The van der Waals surface area contributed by atoms with E-state index in [1.165, 1.54) is 7.05 Å². The highest BCUT2D eigenvalue weighted by Gasteiger charge is 2.31. The zero-order valence-corrected chi connectivity index (χ0v) is 15.5. The number of likely N-dealkylation sites (N-methyl/N-ethyl adjacent to an activating group) is 1. The van der Waals surface area contributed by atoms with Crippen molar-refractivity contribution in [1.82, 2.24) is 4.90 Å². The number of carbonyl (C=O) groups excluding carboxylic acids is 2. The Morgan fingerprint density at radius 1 is 1.12 bits per heavy atom. The average Bonchev–Trinajstić information content (AvgIpc) is 2.84. The fourth-order valence-electron chi connectivity index (χ4n) is 2.21. The van der Waals surface area contributed by atoms with Gasteiger partial charge in [0.1, 0.15) is 12.4 Å². The first-order valence-corrected chi connectivity index (χ1v) is 8.90. The molecule has 0 N–H and O–H groups in total. The van der Waals surface area contributed by atoms with Crippen molar-refractivity contribution in [2.45, 2.75) is 6.61 Å². The Morgan fingerprint density at radius 3 is 2.56 bits per heavy atom. The fraction of sp³-hybridized carbons (Fsp3) is 0.111. The number of benzene rings is 2. The molecule has 128 valence electrons. The number of imide groups is 1. The van der Waals surface area contributed by atoms with Crippen LogP contribution in [0.15, 0.2) is 47.4 Å². The van der Waals surface area contributed by atoms with Crippen molar-refractivity contribution in [2.24, 2.45) is 0 Å². The SMILES string of the molecule is CN1C(=O)S/C(=C\c2ccccc2OCc2ccc(Cl)c(Cl)c2)C1=O. The van der Waals surface area contributed by atoms with Gasteiger partial charge in [0.25, 0.3) is 11.1 Å². The van der Waals surface area contributed by atoms with Crippen LogP contribution < -0.4 is 4.74 Å². The molecule has 1 heterocycles. The zero-order valence-electron chi connectivity index (χ0n) is 13.2. The van der Waals surface area contributed by atoms with Gasteiger partial charge >= 0.3 is 0 Å². The number of rotatable bonds is 4. The third kappa shape index (κ3) is 4.00. The Morgan fingerprint density at radius 2 is 1.88 bits per heavy atom. The van der Waals surface area contributed by atoms with E-state index >= 15 is 0 Å². The normalized spacial score (nSPS) is 16.0. The standard InChI is InChI=1S/C18H13Cl2NO3S/c1-21-17(22)16(25-18(21)23)9-12-4-2-3-5-15(12)24-10-11-6-7-13(19)14(20)8-11/h2-9H,10H2,1H3/b16-9-. The number of hydrogen-bond acceptors (Lipinski definition) is 4. The topological polar surface area (TPSA) is 46.6 Å². The zero-order chi connectivity index (χ0) is 18.0. The van der Waals surface area contributed by atoms with Gasteiger partial charge in [0.15, 0.2) is 0 Å². The van der Waals surface area contributed by atoms with E-state index < -0.39 is 0 Å². The highest BCUT2D eigenvalue weighted by Crippen LogP contribution is 2.33. The molecule has 7 heteroatoms. The second-order valence-corrected chi connectivity index (χ2v) is 7.12. The van der Waals surface area contributed by atoms with E-state index in [0.717, 1.165) is 27.8 Å². The predicted molar refractivity (Wildman–Crippen MR) is 101 cm³/mol. The number of amides is 2. The number of hydrogen-bond donors (Lipinski definition) is 0. The lowest BCUT2D eigenvalue weighted by molar-refractivity contribution is -0.121. The summed E-state index contributed by atoms with van der Waals surface area (Å²) in [6, 6.07) is 12.6. The minimum Gasteiger partial charge on any atom is -0.488 e. The third-order valence-corrected chi connectivity index (χ3v) is 5.27. The summed E-state index contributed by atoms with van der Waals surface area (Å²) in [7, 11) is 1.46. The van der Waals surface area contributed by atoms with Gasteiger partial charge in [-0.2, -0.15) is 0 Å². The number of thioether (sulfide) groups is 1. The quantitative estimate of drug-likeness (QED) is 0.666. The summed E-state index contributed by atoms with van der Waals surface area (Å²) >= 11 is 12.8. The van der Waals surface area contributed by atoms with Gasteiger partial charge in [-0.1, -0.05) is 47.5 Å². The minimum absolute atomic E-state index is 0.287. The molecule has 0 bridgehead atoms. The molecule has 2 aromatic carbocycles. The van der Waals surface area contributed by atoms with Crippen molar-refractivity contribution in [1.29, 1.82) is 0 Å². The van der Waals surface area contributed by atoms with Gasteiger partial charge in [0.2, 0.25) is 0 Å². The molecule has 2 amide bonds. The molecule has 1 fully saturated rings. The Labute approximate surface area is 159 Å². The van der Waals surface area contributed by atoms with Crippen molar-refractivity contribution in [3.63, 3.8) is 0 Å². The molecule has 3 rings (SSSR count). The highest BCUT2D eigenvalue weighted by atomic mass is 35.5. The summed E-state index contributed by atoms with van der Waals surface area (Å²) in [5.74, 6) is 0.297. The van der Waals surface area contributed by atoms with E-state index in [-0.39, 0.29) is 11.1 Å². The third-order valence-electron chi connectivity index (χ3n) is 3.57. The lowest BCUT2D eigenvalue weighted by Gasteiger charge is -2.10. The second kappa shape index (κ2) is 7.52. The maximum absolute atomic E-state index is 12.0. The van der Waals surface area contributed by atoms with Crippen LogP contribution in [0, 0.1) is 0 Å². The average molecular weight is 394 g/mol. The van der Waals surface area contributed by atoms with Crippen molar-refractivity contribution in [3.05, 3.63) is 68.5 Å². The second-order valence-electron chi connectivity index (χ2n) is 5.32. The van der Waals surface area contributed by atoms with Crippen molar-refractivity contribution < 1.29 is 14.3 Å². The van der Waals surface area contributed by atoms with Crippen LogP contribution in [-0.2, 0) is 11.4 Å². The number of ether oxygens (including phenoxy) is 1. The monoisotopic (exact) mass is 393 g/mol.